The molecule has 0 heterocycles. The predicted octanol–water partition coefficient (Wildman–Crippen LogP) is 3.70. The Morgan fingerprint density at radius 3 is 1.93 bits per heavy atom. The van der Waals surface area contributed by atoms with Gasteiger partial charge in [-0.25, -0.2) is 0 Å². The molecule has 0 aromatic rings. The van der Waals surface area contributed by atoms with E-state index in [2.05, 4.69) is 34.3 Å². The Kier molecular flexibility index (Phi) is 4.60. The van der Waals surface area contributed by atoms with Crippen LogP contribution in [0.15, 0.2) is 23.3 Å². The van der Waals surface area contributed by atoms with Gasteiger partial charge in [-0.2, -0.15) is 0 Å². The van der Waals surface area contributed by atoms with Crippen LogP contribution in [0.4, 0.5) is 0 Å². The Labute approximate surface area is 88.5 Å². The average Bonchev–Trinajstić information content (AvgIpc) is 2.03. The lowest BCUT2D eigenvalue weighted by molar-refractivity contribution is 0.0915. The van der Waals surface area contributed by atoms with Gasteiger partial charge < -0.3 is 5.11 Å². The summed E-state index contributed by atoms with van der Waals surface area (Å²) >= 11 is 0. The summed E-state index contributed by atoms with van der Waals surface area (Å²) in [7, 11) is 0. The van der Waals surface area contributed by atoms with Crippen molar-refractivity contribution in [1.29, 1.82) is 0 Å². The van der Waals surface area contributed by atoms with Crippen LogP contribution in [0, 0.1) is 5.41 Å². The molecule has 0 aromatic carbocycles. The van der Waals surface area contributed by atoms with Crippen molar-refractivity contribution in [2.75, 3.05) is 0 Å². The zero-order valence-corrected chi connectivity index (χ0v) is 10.4. The Morgan fingerprint density at radius 1 is 1.29 bits per heavy atom. The molecular weight excluding hydrogens is 172 g/mol. The number of aliphatic hydroxyl groups excluding tert-OH is 1. The monoisotopic (exact) mass is 196 g/mol. The van der Waals surface area contributed by atoms with E-state index in [9.17, 15) is 5.11 Å². The van der Waals surface area contributed by atoms with Crippen molar-refractivity contribution < 1.29 is 5.11 Å². The molecule has 1 nitrogen and oxygen atoms in total. The van der Waals surface area contributed by atoms with Crippen molar-refractivity contribution in [3.05, 3.63) is 23.3 Å². The summed E-state index contributed by atoms with van der Waals surface area (Å²) in [6, 6.07) is 0. The number of allylic oxidation sites excluding steroid dienone is 2. The van der Waals surface area contributed by atoms with Crippen LogP contribution in [0.5, 0.6) is 0 Å². The largest absolute Gasteiger partial charge is 0.388 e. The van der Waals surface area contributed by atoms with E-state index >= 15 is 0 Å². The minimum atomic E-state index is -0.371. The van der Waals surface area contributed by atoms with Gasteiger partial charge in [0.05, 0.1) is 6.10 Å². The van der Waals surface area contributed by atoms with Gasteiger partial charge in [-0.15, -0.1) is 0 Å². The highest BCUT2D eigenvalue weighted by atomic mass is 16.3. The van der Waals surface area contributed by atoms with E-state index in [0.29, 0.717) is 0 Å². The lowest BCUT2D eigenvalue weighted by atomic mass is 9.81. The van der Waals surface area contributed by atoms with E-state index in [-0.39, 0.29) is 11.5 Å². The maximum atomic E-state index is 10.2. The van der Waals surface area contributed by atoms with Crippen LogP contribution in [-0.4, -0.2) is 11.2 Å². The number of aliphatic hydroxyl groups is 1. The molecule has 0 fully saturated rings. The first-order valence-corrected chi connectivity index (χ1v) is 5.25. The highest BCUT2D eigenvalue weighted by Gasteiger charge is 2.25. The fourth-order valence-electron chi connectivity index (χ4n) is 1.46. The van der Waals surface area contributed by atoms with Crippen LogP contribution in [0.2, 0.25) is 0 Å². The van der Waals surface area contributed by atoms with Gasteiger partial charge in [0, 0.05) is 0 Å². The predicted molar refractivity (Wildman–Crippen MR) is 63.3 cm³/mol. The van der Waals surface area contributed by atoms with E-state index in [1.807, 2.05) is 13.8 Å². The molecule has 0 saturated heterocycles. The Balaban J connectivity index is 5.10. The van der Waals surface area contributed by atoms with Gasteiger partial charge in [0.1, 0.15) is 0 Å². The fourth-order valence-corrected chi connectivity index (χ4v) is 1.46. The van der Waals surface area contributed by atoms with Gasteiger partial charge >= 0.3 is 0 Å². The SMILES string of the molecule is C=C(C)/C(C)=C(\CC)C(O)C(C)(C)C. The van der Waals surface area contributed by atoms with Crippen LogP contribution in [-0.2, 0) is 0 Å². The molecule has 0 rings (SSSR count). The normalized spacial score (nSPS) is 16.2. The van der Waals surface area contributed by atoms with Gasteiger partial charge in [0.25, 0.3) is 0 Å². The van der Waals surface area contributed by atoms with Crippen LogP contribution < -0.4 is 0 Å². The van der Waals surface area contributed by atoms with Gasteiger partial charge in [0.15, 0.2) is 0 Å². The molecule has 0 bridgehead atoms. The van der Waals surface area contributed by atoms with Crippen molar-refractivity contribution in [2.45, 2.75) is 54.1 Å². The molecule has 14 heavy (non-hydrogen) atoms. The molecule has 1 heteroatoms. The second-order valence-corrected chi connectivity index (χ2v) is 5.05. The van der Waals surface area contributed by atoms with Gasteiger partial charge in [-0.3, -0.25) is 0 Å². The topological polar surface area (TPSA) is 20.2 Å². The highest BCUT2D eigenvalue weighted by Crippen LogP contribution is 2.30. The first-order chi connectivity index (χ1) is 6.21. The molecule has 0 aliphatic carbocycles. The molecule has 1 N–H and O–H groups in total. The zero-order valence-electron chi connectivity index (χ0n) is 10.4. The molecule has 1 atom stereocenters. The minimum absolute atomic E-state index is 0.0952. The van der Waals surface area contributed by atoms with Crippen molar-refractivity contribution in [3.8, 4) is 0 Å². The summed E-state index contributed by atoms with van der Waals surface area (Å²) in [6.07, 6.45) is 0.515. The van der Waals surface area contributed by atoms with Crippen molar-refractivity contribution >= 4 is 0 Å². The molecule has 82 valence electrons. The van der Waals surface area contributed by atoms with Crippen molar-refractivity contribution in [1.82, 2.24) is 0 Å². The smallest absolute Gasteiger partial charge is 0.0803 e. The lowest BCUT2D eigenvalue weighted by Crippen LogP contribution is -2.28. The third-order valence-corrected chi connectivity index (χ3v) is 2.65. The van der Waals surface area contributed by atoms with Crippen molar-refractivity contribution in [3.63, 3.8) is 0 Å². The molecule has 0 radical (unpaired) electrons. The first kappa shape index (κ1) is 13.4. The summed E-state index contributed by atoms with van der Waals surface area (Å²) in [5.41, 5.74) is 3.22. The Hall–Kier alpha value is -0.560. The molecule has 0 aliphatic heterocycles. The summed E-state index contributed by atoms with van der Waals surface area (Å²) in [5, 5.41) is 10.2. The number of hydrogen-bond donors (Lipinski definition) is 1. The fraction of sp³-hybridized carbons (Fsp3) is 0.692. The highest BCUT2D eigenvalue weighted by molar-refractivity contribution is 5.32. The summed E-state index contributed by atoms with van der Waals surface area (Å²) in [6.45, 7) is 16.2. The van der Waals surface area contributed by atoms with Crippen LogP contribution in [0.1, 0.15) is 48.0 Å². The molecular formula is C13H24O. The molecule has 0 aromatic heterocycles. The number of hydrogen-bond acceptors (Lipinski definition) is 1. The zero-order chi connectivity index (χ0) is 11.5. The quantitative estimate of drug-likeness (QED) is 0.682. The third-order valence-electron chi connectivity index (χ3n) is 2.65. The molecule has 0 spiro atoms. The maximum absolute atomic E-state index is 10.2. The van der Waals surface area contributed by atoms with E-state index < -0.39 is 0 Å². The average molecular weight is 196 g/mol. The number of rotatable bonds is 3. The van der Waals surface area contributed by atoms with E-state index in [1.54, 1.807) is 0 Å². The van der Waals surface area contributed by atoms with Crippen LogP contribution in [0.25, 0.3) is 0 Å². The molecule has 0 saturated carbocycles. The molecule has 1 unspecified atom stereocenters. The lowest BCUT2D eigenvalue weighted by Gasteiger charge is -2.29. The first-order valence-electron chi connectivity index (χ1n) is 5.25. The van der Waals surface area contributed by atoms with E-state index in [1.165, 1.54) is 0 Å². The van der Waals surface area contributed by atoms with Crippen LogP contribution >= 0.6 is 0 Å². The van der Waals surface area contributed by atoms with Gasteiger partial charge in [0.2, 0.25) is 0 Å². The molecule has 0 aliphatic rings. The maximum Gasteiger partial charge on any atom is 0.0803 e. The second-order valence-electron chi connectivity index (χ2n) is 5.05. The summed E-state index contributed by atoms with van der Waals surface area (Å²) in [4.78, 5) is 0. The minimum Gasteiger partial charge on any atom is -0.388 e. The van der Waals surface area contributed by atoms with Gasteiger partial charge in [-0.05, 0) is 36.8 Å². The van der Waals surface area contributed by atoms with E-state index in [0.717, 1.165) is 23.1 Å². The third kappa shape index (κ3) is 3.30. The molecule has 0 amide bonds. The second kappa shape index (κ2) is 4.79. The van der Waals surface area contributed by atoms with Crippen molar-refractivity contribution in [2.24, 2.45) is 5.41 Å². The standard InChI is InChI=1S/C13H24O/c1-8-11(10(4)9(2)3)12(14)13(5,6)7/h12,14H,2,8H2,1,3-7H3/b11-10+. The van der Waals surface area contributed by atoms with E-state index in [4.69, 9.17) is 0 Å². The van der Waals surface area contributed by atoms with Crippen LogP contribution in [0.3, 0.4) is 0 Å². The summed E-state index contributed by atoms with van der Waals surface area (Å²) in [5.74, 6) is 0. The van der Waals surface area contributed by atoms with Gasteiger partial charge in [-0.1, -0.05) is 39.8 Å². The Morgan fingerprint density at radius 2 is 1.71 bits per heavy atom. The summed E-state index contributed by atoms with van der Waals surface area (Å²) < 4.78 is 0. The Bertz CT molecular complexity index is 240.